The molecular formula is C12H14F2O2. The maximum absolute atomic E-state index is 12.7. The first-order chi connectivity index (χ1) is 7.40. The molecule has 0 heterocycles. The molecule has 0 amide bonds. The first kappa shape index (κ1) is 12.6. The Kier molecular flexibility index (Phi) is 3.99. The smallest absolute Gasteiger partial charge is 0.304 e. The van der Waals surface area contributed by atoms with Crippen molar-refractivity contribution in [2.75, 3.05) is 0 Å². The van der Waals surface area contributed by atoms with Crippen LogP contribution in [-0.4, -0.2) is 17.5 Å². The average molecular weight is 228 g/mol. The summed E-state index contributed by atoms with van der Waals surface area (Å²) in [5, 5.41) is 8.60. The van der Waals surface area contributed by atoms with Crippen LogP contribution in [0.25, 0.3) is 0 Å². The largest absolute Gasteiger partial charge is 0.481 e. The van der Waals surface area contributed by atoms with Crippen molar-refractivity contribution in [3.8, 4) is 0 Å². The number of halogens is 2. The number of carbonyl (C=O) groups is 1. The predicted molar refractivity (Wildman–Crippen MR) is 56.9 cm³/mol. The molecule has 0 saturated carbocycles. The fourth-order valence-corrected chi connectivity index (χ4v) is 1.76. The third-order valence-corrected chi connectivity index (χ3v) is 2.37. The van der Waals surface area contributed by atoms with Gasteiger partial charge in [0, 0.05) is 0 Å². The molecule has 0 fully saturated rings. The van der Waals surface area contributed by atoms with Gasteiger partial charge in [-0.2, -0.15) is 0 Å². The number of aryl methyl sites for hydroxylation is 2. The number of carboxylic acids is 1. The molecule has 4 heteroatoms. The van der Waals surface area contributed by atoms with Crippen LogP contribution in [0.15, 0.2) is 18.2 Å². The van der Waals surface area contributed by atoms with E-state index in [4.69, 9.17) is 5.11 Å². The number of hydrogen-bond acceptors (Lipinski definition) is 1. The van der Waals surface area contributed by atoms with Crippen molar-refractivity contribution in [1.82, 2.24) is 0 Å². The van der Waals surface area contributed by atoms with E-state index >= 15 is 0 Å². The van der Waals surface area contributed by atoms with Crippen molar-refractivity contribution < 1.29 is 18.7 Å². The van der Waals surface area contributed by atoms with Gasteiger partial charge in [0.2, 0.25) is 6.43 Å². The minimum Gasteiger partial charge on any atom is -0.481 e. The van der Waals surface area contributed by atoms with Gasteiger partial charge in [0.05, 0.1) is 12.3 Å². The Bertz CT molecular complexity index is 368. The SMILES string of the molecule is Cc1cc(C)cc(C(CC(=O)O)C(F)F)c1. The lowest BCUT2D eigenvalue weighted by molar-refractivity contribution is -0.138. The molecular weight excluding hydrogens is 214 g/mol. The number of carboxylic acid groups (broad SMARTS) is 1. The second-order valence-electron chi connectivity index (χ2n) is 3.96. The Morgan fingerprint density at radius 1 is 1.25 bits per heavy atom. The van der Waals surface area contributed by atoms with E-state index in [2.05, 4.69) is 0 Å². The van der Waals surface area contributed by atoms with Crippen LogP contribution in [-0.2, 0) is 4.79 Å². The molecule has 0 radical (unpaired) electrons. The molecule has 88 valence electrons. The van der Waals surface area contributed by atoms with Gasteiger partial charge in [-0.25, -0.2) is 8.78 Å². The predicted octanol–water partition coefficient (Wildman–Crippen LogP) is 3.13. The molecule has 1 atom stereocenters. The van der Waals surface area contributed by atoms with Crippen molar-refractivity contribution >= 4 is 5.97 Å². The minimum atomic E-state index is -2.66. The van der Waals surface area contributed by atoms with E-state index < -0.39 is 24.7 Å². The van der Waals surface area contributed by atoms with Gasteiger partial charge in [0.15, 0.2) is 0 Å². The Morgan fingerprint density at radius 2 is 1.75 bits per heavy atom. The lowest BCUT2D eigenvalue weighted by atomic mass is 9.93. The molecule has 0 aromatic heterocycles. The van der Waals surface area contributed by atoms with Crippen LogP contribution in [0.5, 0.6) is 0 Å². The summed E-state index contributed by atoms with van der Waals surface area (Å²) in [6.07, 6.45) is -3.20. The Balaban J connectivity index is 3.05. The number of aliphatic carboxylic acids is 1. The topological polar surface area (TPSA) is 37.3 Å². The first-order valence-electron chi connectivity index (χ1n) is 4.98. The highest BCUT2D eigenvalue weighted by Gasteiger charge is 2.25. The summed E-state index contributed by atoms with van der Waals surface area (Å²) < 4.78 is 25.5. The summed E-state index contributed by atoms with van der Waals surface area (Å²) in [4.78, 5) is 10.5. The molecule has 2 nitrogen and oxygen atoms in total. The maximum Gasteiger partial charge on any atom is 0.304 e. The molecule has 0 aliphatic carbocycles. The summed E-state index contributed by atoms with van der Waals surface area (Å²) in [5.41, 5.74) is 2.13. The van der Waals surface area contributed by atoms with Crippen molar-refractivity contribution in [3.63, 3.8) is 0 Å². The van der Waals surface area contributed by atoms with Gasteiger partial charge in [0.25, 0.3) is 0 Å². The van der Waals surface area contributed by atoms with Gasteiger partial charge in [-0.15, -0.1) is 0 Å². The fraction of sp³-hybridized carbons (Fsp3) is 0.417. The monoisotopic (exact) mass is 228 g/mol. The van der Waals surface area contributed by atoms with Gasteiger partial charge in [-0.1, -0.05) is 29.3 Å². The Hall–Kier alpha value is -1.45. The van der Waals surface area contributed by atoms with Crippen LogP contribution < -0.4 is 0 Å². The highest BCUT2D eigenvalue weighted by molar-refractivity contribution is 5.68. The van der Waals surface area contributed by atoms with Crippen molar-refractivity contribution in [1.29, 1.82) is 0 Å². The molecule has 1 rings (SSSR count). The van der Waals surface area contributed by atoms with E-state index in [-0.39, 0.29) is 0 Å². The molecule has 0 spiro atoms. The quantitative estimate of drug-likeness (QED) is 0.859. The van der Waals surface area contributed by atoms with Crippen molar-refractivity contribution in [2.45, 2.75) is 32.6 Å². The minimum absolute atomic E-state index is 0.398. The van der Waals surface area contributed by atoms with Gasteiger partial charge in [-0.3, -0.25) is 4.79 Å². The lowest BCUT2D eigenvalue weighted by Gasteiger charge is -2.15. The summed E-state index contributed by atoms with van der Waals surface area (Å²) >= 11 is 0. The molecule has 16 heavy (non-hydrogen) atoms. The highest BCUT2D eigenvalue weighted by atomic mass is 19.3. The van der Waals surface area contributed by atoms with E-state index in [1.165, 1.54) is 0 Å². The molecule has 0 aliphatic rings. The van der Waals surface area contributed by atoms with Crippen LogP contribution in [0.1, 0.15) is 29.0 Å². The summed E-state index contributed by atoms with van der Waals surface area (Å²) in [7, 11) is 0. The van der Waals surface area contributed by atoms with Gasteiger partial charge in [0.1, 0.15) is 0 Å². The van der Waals surface area contributed by atoms with Crippen LogP contribution in [0.4, 0.5) is 8.78 Å². The molecule has 0 bridgehead atoms. The van der Waals surface area contributed by atoms with Gasteiger partial charge in [-0.05, 0) is 19.4 Å². The zero-order valence-corrected chi connectivity index (χ0v) is 9.21. The first-order valence-corrected chi connectivity index (χ1v) is 4.98. The second kappa shape index (κ2) is 5.05. The number of rotatable bonds is 4. The van der Waals surface area contributed by atoms with Crippen LogP contribution in [0.2, 0.25) is 0 Å². The Morgan fingerprint density at radius 3 is 2.12 bits per heavy atom. The van der Waals surface area contributed by atoms with E-state index in [0.717, 1.165) is 11.1 Å². The Labute approximate surface area is 92.9 Å². The average Bonchev–Trinajstić information content (AvgIpc) is 2.11. The summed E-state index contributed by atoms with van der Waals surface area (Å²) in [6.45, 7) is 3.61. The third kappa shape index (κ3) is 3.29. The lowest BCUT2D eigenvalue weighted by Crippen LogP contribution is -2.14. The van der Waals surface area contributed by atoms with E-state index in [9.17, 15) is 13.6 Å². The van der Waals surface area contributed by atoms with E-state index in [1.54, 1.807) is 26.0 Å². The number of benzene rings is 1. The highest BCUT2D eigenvalue weighted by Crippen LogP contribution is 2.28. The van der Waals surface area contributed by atoms with Crippen LogP contribution in [0, 0.1) is 13.8 Å². The third-order valence-electron chi connectivity index (χ3n) is 2.37. The molecule has 1 aromatic carbocycles. The maximum atomic E-state index is 12.7. The molecule has 1 aromatic rings. The molecule has 0 aliphatic heterocycles. The number of hydrogen-bond donors (Lipinski definition) is 1. The fourth-order valence-electron chi connectivity index (χ4n) is 1.76. The van der Waals surface area contributed by atoms with Gasteiger partial charge >= 0.3 is 5.97 Å². The number of alkyl halides is 2. The molecule has 0 saturated heterocycles. The van der Waals surface area contributed by atoms with Crippen molar-refractivity contribution in [2.24, 2.45) is 0 Å². The van der Waals surface area contributed by atoms with Gasteiger partial charge < -0.3 is 5.11 Å². The second-order valence-corrected chi connectivity index (χ2v) is 3.96. The van der Waals surface area contributed by atoms with Crippen molar-refractivity contribution in [3.05, 3.63) is 34.9 Å². The van der Waals surface area contributed by atoms with E-state index in [1.807, 2.05) is 6.07 Å². The zero-order valence-electron chi connectivity index (χ0n) is 9.21. The van der Waals surface area contributed by atoms with E-state index in [0.29, 0.717) is 5.56 Å². The van der Waals surface area contributed by atoms with Crippen LogP contribution >= 0.6 is 0 Å². The normalized spacial score (nSPS) is 12.8. The summed E-state index contributed by atoms with van der Waals surface area (Å²) in [6, 6.07) is 5.10. The standard InChI is InChI=1S/C12H14F2O2/c1-7-3-8(2)5-9(4-7)10(12(13)14)6-11(15)16/h3-5,10,12H,6H2,1-2H3,(H,15,16). The molecule has 1 N–H and O–H groups in total. The summed E-state index contributed by atoms with van der Waals surface area (Å²) in [5.74, 6) is -2.43. The molecule has 1 unspecified atom stereocenters. The zero-order chi connectivity index (χ0) is 12.3. The van der Waals surface area contributed by atoms with Crippen LogP contribution in [0.3, 0.4) is 0 Å².